The summed E-state index contributed by atoms with van der Waals surface area (Å²) in [4.78, 5) is 0. The van der Waals surface area contributed by atoms with Crippen LogP contribution in [-0.4, -0.2) is 30.0 Å². The van der Waals surface area contributed by atoms with Crippen LogP contribution in [0.25, 0.3) is 0 Å². The fraction of sp³-hybridized carbons (Fsp3) is 0.375. The third-order valence-electron chi connectivity index (χ3n) is 3.87. The van der Waals surface area contributed by atoms with Crippen LogP contribution in [-0.2, 0) is 11.3 Å². The van der Waals surface area contributed by atoms with Gasteiger partial charge >= 0.3 is 0 Å². The molecule has 0 saturated carbocycles. The van der Waals surface area contributed by atoms with E-state index >= 15 is 0 Å². The summed E-state index contributed by atoms with van der Waals surface area (Å²) in [5.41, 5.74) is 2.59. The van der Waals surface area contributed by atoms with Gasteiger partial charge in [0.2, 0.25) is 0 Å². The van der Waals surface area contributed by atoms with Gasteiger partial charge in [-0.1, -0.05) is 6.07 Å². The largest absolute Gasteiger partial charge is 0.495 e. The Balaban J connectivity index is 1.66. The Morgan fingerprint density at radius 3 is 3.14 bits per heavy atom. The highest BCUT2D eigenvalue weighted by atomic mass is 16.5. The quantitative estimate of drug-likeness (QED) is 0.881. The Kier molecular flexibility index (Phi) is 4.37. The molecule has 6 heteroatoms. The van der Waals surface area contributed by atoms with Crippen molar-refractivity contribution in [3.8, 4) is 11.8 Å². The van der Waals surface area contributed by atoms with Crippen molar-refractivity contribution >= 4 is 0 Å². The molecule has 0 unspecified atom stereocenters. The number of H-pyrrole nitrogens is 1. The predicted molar refractivity (Wildman–Crippen MR) is 80.2 cm³/mol. The number of rotatable bonds is 5. The van der Waals surface area contributed by atoms with Gasteiger partial charge < -0.3 is 14.8 Å². The first-order valence-corrected chi connectivity index (χ1v) is 7.23. The molecule has 2 atom stereocenters. The number of aromatic amines is 1. The number of nitrogens with one attached hydrogen (secondary N) is 2. The van der Waals surface area contributed by atoms with Crippen LogP contribution in [0.5, 0.6) is 5.75 Å². The van der Waals surface area contributed by atoms with Crippen LogP contribution in [0.1, 0.15) is 29.3 Å². The zero-order chi connectivity index (χ0) is 15.4. The van der Waals surface area contributed by atoms with Crippen LogP contribution in [0.15, 0.2) is 30.5 Å². The molecule has 22 heavy (non-hydrogen) atoms. The molecule has 1 aliphatic heterocycles. The minimum absolute atomic E-state index is 0.00353. The number of hydrogen-bond acceptors (Lipinski definition) is 5. The highest BCUT2D eigenvalue weighted by Gasteiger charge is 2.30. The Hall–Kier alpha value is -2.36. The molecule has 0 spiro atoms. The minimum atomic E-state index is -0.00353. The Labute approximate surface area is 129 Å². The molecule has 1 aromatic heterocycles. The first-order chi connectivity index (χ1) is 10.8. The molecular weight excluding hydrogens is 280 g/mol. The van der Waals surface area contributed by atoms with E-state index in [1.54, 1.807) is 13.3 Å². The Morgan fingerprint density at radius 1 is 1.50 bits per heavy atom. The topological polar surface area (TPSA) is 83.0 Å². The van der Waals surface area contributed by atoms with Gasteiger partial charge in [-0.3, -0.25) is 5.10 Å². The van der Waals surface area contributed by atoms with Crippen LogP contribution < -0.4 is 10.1 Å². The Morgan fingerprint density at radius 2 is 2.41 bits per heavy atom. The van der Waals surface area contributed by atoms with Gasteiger partial charge in [0.15, 0.2) is 0 Å². The molecule has 0 amide bonds. The average molecular weight is 298 g/mol. The first-order valence-electron chi connectivity index (χ1n) is 7.23. The van der Waals surface area contributed by atoms with Gasteiger partial charge in [-0.25, -0.2) is 0 Å². The second kappa shape index (κ2) is 6.60. The van der Waals surface area contributed by atoms with Crippen molar-refractivity contribution in [3.05, 3.63) is 47.3 Å². The maximum atomic E-state index is 9.14. The van der Waals surface area contributed by atoms with E-state index < -0.39 is 0 Å². The van der Waals surface area contributed by atoms with E-state index in [4.69, 9.17) is 14.7 Å². The third kappa shape index (κ3) is 2.96. The summed E-state index contributed by atoms with van der Waals surface area (Å²) in [6.07, 6.45) is 2.68. The molecule has 2 aromatic rings. The molecule has 2 heterocycles. The fourth-order valence-corrected chi connectivity index (χ4v) is 2.73. The van der Waals surface area contributed by atoms with Crippen LogP contribution in [0, 0.1) is 11.3 Å². The number of benzene rings is 1. The summed E-state index contributed by atoms with van der Waals surface area (Å²) in [5, 5.41) is 19.6. The fourth-order valence-electron chi connectivity index (χ4n) is 2.73. The van der Waals surface area contributed by atoms with E-state index in [1.807, 2.05) is 24.3 Å². The molecule has 1 aromatic carbocycles. The molecule has 0 bridgehead atoms. The van der Waals surface area contributed by atoms with E-state index in [1.165, 1.54) is 0 Å². The lowest BCUT2D eigenvalue weighted by Crippen LogP contribution is -2.31. The van der Waals surface area contributed by atoms with Crippen molar-refractivity contribution in [2.75, 3.05) is 13.7 Å². The second-order valence-corrected chi connectivity index (χ2v) is 5.23. The molecule has 3 rings (SSSR count). The maximum absolute atomic E-state index is 9.14. The predicted octanol–water partition coefficient (Wildman–Crippen LogP) is 1.91. The summed E-state index contributed by atoms with van der Waals surface area (Å²) in [6.45, 7) is 1.41. The van der Waals surface area contributed by atoms with E-state index in [0.717, 1.165) is 24.3 Å². The van der Waals surface area contributed by atoms with Gasteiger partial charge in [-0.15, -0.1) is 0 Å². The maximum Gasteiger partial charge on any atom is 0.136 e. The minimum Gasteiger partial charge on any atom is -0.495 e. The number of aromatic nitrogens is 2. The first kappa shape index (κ1) is 14.6. The smallest absolute Gasteiger partial charge is 0.136 e. The van der Waals surface area contributed by atoms with Gasteiger partial charge in [0.05, 0.1) is 18.4 Å². The SMILES string of the molecule is COc1ccc(CN[C@H]2CCO[C@@H]2c2ccn[nH]2)cc1C#N. The van der Waals surface area contributed by atoms with Crippen LogP contribution in [0.4, 0.5) is 0 Å². The zero-order valence-corrected chi connectivity index (χ0v) is 12.4. The van der Waals surface area contributed by atoms with E-state index in [2.05, 4.69) is 21.6 Å². The van der Waals surface area contributed by atoms with Gasteiger partial charge in [0.25, 0.3) is 0 Å². The summed E-state index contributed by atoms with van der Waals surface area (Å²) in [5.74, 6) is 0.603. The van der Waals surface area contributed by atoms with Gasteiger partial charge in [0.1, 0.15) is 17.9 Å². The molecule has 0 aliphatic carbocycles. The van der Waals surface area contributed by atoms with Crippen molar-refractivity contribution in [1.29, 1.82) is 5.26 Å². The Bertz CT molecular complexity index is 663. The summed E-state index contributed by atoms with van der Waals surface area (Å²) >= 11 is 0. The molecule has 6 nitrogen and oxygen atoms in total. The van der Waals surface area contributed by atoms with Gasteiger partial charge in [0, 0.05) is 25.4 Å². The zero-order valence-electron chi connectivity index (χ0n) is 12.4. The number of ether oxygens (including phenoxy) is 2. The van der Waals surface area contributed by atoms with Crippen molar-refractivity contribution in [3.63, 3.8) is 0 Å². The standard InChI is InChI=1S/C16H18N4O2/c1-21-15-3-2-11(8-12(15)9-17)10-18-13-5-7-22-16(13)14-4-6-19-20-14/h2-4,6,8,13,16,18H,5,7,10H2,1H3,(H,19,20)/t13-,16-/m0/s1. The lowest BCUT2D eigenvalue weighted by atomic mass is 10.1. The number of nitriles is 1. The third-order valence-corrected chi connectivity index (χ3v) is 3.87. The van der Waals surface area contributed by atoms with E-state index in [0.29, 0.717) is 17.9 Å². The van der Waals surface area contributed by atoms with Crippen LogP contribution >= 0.6 is 0 Å². The van der Waals surface area contributed by atoms with Crippen molar-refractivity contribution in [2.45, 2.75) is 25.1 Å². The summed E-state index contributed by atoms with van der Waals surface area (Å²) in [6, 6.07) is 9.97. The highest BCUT2D eigenvalue weighted by Crippen LogP contribution is 2.28. The number of hydrogen-bond donors (Lipinski definition) is 2. The lowest BCUT2D eigenvalue weighted by molar-refractivity contribution is 0.0950. The average Bonchev–Trinajstić information content (AvgIpc) is 3.23. The van der Waals surface area contributed by atoms with Crippen molar-refractivity contribution in [1.82, 2.24) is 15.5 Å². The molecule has 114 valence electrons. The monoisotopic (exact) mass is 298 g/mol. The number of methoxy groups -OCH3 is 1. The molecule has 2 N–H and O–H groups in total. The highest BCUT2D eigenvalue weighted by molar-refractivity contribution is 5.45. The molecular formula is C16H18N4O2. The number of nitrogens with zero attached hydrogens (tertiary/aromatic N) is 2. The lowest BCUT2D eigenvalue weighted by Gasteiger charge is -2.19. The van der Waals surface area contributed by atoms with Crippen LogP contribution in [0.3, 0.4) is 0 Å². The second-order valence-electron chi connectivity index (χ2n) is 5.23. The van der Waals surface area contributed by atoms with Gasteiger partial charge in [-0.2, -0.15) is 10.4 Å². The molecule has 0 radical (unpaired) electrons. The molecule has 1 aliphatic rings. The molecule has 1 fully saturated rings. The van der Waals surface area contributed by atoms with Crippen molar-refractivity contribution in [2.24, 2.45) is 0 Å². The molecule has 1 saturated heterocycles. The van der Waals surface area contributed by atoms with Gasteiger partial charge in [-0.05, 0) is 30.2 Å². The van der Waals surface area contributed by atoms with Crippen LogP contribution in [0.2, 0.25) is 0 Å². The van der Waals surface area contributed by atoms with Crippen molar-refractivity contribution < 1.29 is 9.47 Å². The summed E-state index contributed by atoms with van der Waals surface area (Å²) in [7, 11) is 1.57. The summed E-state index contributed by atoms with van der Waals surface area (Å²) < 4.78 is 10.9. The normalized spacial score (nSPS) is 20.7. The van der Waals surface area contributed by atoms with E-state index in [9.17, 15) is 0 Å². The van der Waals surface area contributed by atoms with E-state index in [-0.39, 0.29) is 12.1 Å².